The molecule has 1 aliphatic heterocycles. The molecule has 18 heavy (non-hydrogen) atoms. The Bertz CT molecular complexity index is 414. The molecule has 1 unspecified atom stereocenters. The van der Waals surface area contributed by atoms with Crippen molar-refractivity contribution in [3.8, 4) is 0 Å². The molecule has 2 N–H and O–H groups in total. The summed E-state index contributed by atoms with van der Waals surface area (Å²) in [6.45, 7) is 6.96. The van der Waals surface area contributed by atoms with Crippen LogP contribution in [0.25, 0.3) is 0 Å². The van der Waals surface area contributed by atoms with Crippen molar-refractivity contribution in [2.45, 2.75) is 20.3 Å². The van der Waals surface area contributed by atoms with Crippen LogP contribution < -0.4 is 10.6 Å². The first-order valence-electron chi connectivity index (χ1n) is 6.23. The fourth-order valence-electron chi connectivity index (χ4n) is 2.11. The molecule has 1 atom stereocenters. The van der Waals surface area contributed by atoms with Crippen LogP contribution in [0.15, 0.2) is 18.2 Å². The van der Waals surface area contributed by atoms with Crippen LogP contribution in [-0.4, -0.2) is 25.5 Å². The van der Waals surface area contributed by atoms with Crippen LogP contribution in [0.3, 0.4) is 0 Å². The van der Waals surface area contributed by atoms with Gasteiger partial charge in [0.25, 0.3) is 5.91 Å². The predicted octanol–water partition coefficient (Wildman–Crippen LogP) is 2.06. The minimum atomic E-state index is 0. The second kappa shape index (κ2) is 6.76. The molecular weight excluding hydrogens is 248 g/mol. The number of carbonyl (C=O) groups is 1. The molecule has 1 aromatic rings. The van der Waals surface area contributed by atoms with Crippen LogP contribution in [0, 0.1) is 19.8 Å². The van der Waals surface area contributed by atoms with Gasteiger partial charge in [-0.05, 0) is 62.5 Å². The van der Waals surface area contributed by atoms with Crippen molar-refractivity contribution in [3.63, 3.8) is 0 Å². The van der Waals surface area contributed by atoms with Crippen molar-refractivity contribution in [1.29, 1.82) is 0 Å². The highest BCUT2D eigenvalue weighted by atomic mass is 35.5. The van der Waals surface area contributed by atoms with Gasteiger partial charge in [-0.25, -0.2) is 0 Å². The zero-order valence-corrected chi connectivity index (χ0v) is 11.8. The summed E-state index contributed by atoms with van der Waals surface area (Å²) in [5, 5.41) is 6.31. The molecule has 4 heteroatoms. The third kappa shape index (κ3) is 3.72. The molecule has 0 saturated carbocycles. The lowest BCUT2D eigenvalue weighted by Gasteiger charge is -2.10. The van der Waals surface area contributed by atoms with Crippen molar-refractivity contribution in [1.82, 2.24) is 10.6 Å². The zero-order valence-electron chi connectivity index (χ0n) is 11.0. The van der Waals surface area contributed by atoms with Gasteiger partial charge in [-0.2, -0.15) is 0 Å². The lowest BCUT2D eigenvalue weighted by molar-refractivity contribution is 0.0948. The highest BCUT2D eigenvalue weighted by Gasteiger charge is 2.15. The van der Waals surface area contributed by atoms with Crippen molar-refractivity contribution in [2.75, 3.05) is 19.6 Å². The molecular formula is C14H21ClN2O. The Morgan fingerprint density at radius 1 is 1.39 bits per heavy atom. The van der Waals surface area contributed by atoms with Gasteiger partial charge < -0.3 is 10.6 Å². The number of aryl methyl sites for hydroxylation is 2. The third-order valence-electron chi connectivity index (χ3n) is 3.48. The van der Waals surface area contributed by atoms with Crippen LogP contribution >= 0.6 is 12.4 Å². The molecule has 1 aliphatic rings. The SMILES string of the molecule is Cc1ccc(C(=O)NCC2CCNC2)cc1C.Cl. The fourth-order valence-corrected chi connectivity index (χ4v) is 2.11. The Labute approximate surface area is 115 Å². The molecule has 3 nitrogen and oxygen atoms in total. The maximum absolute atomic E-state index is 11.9. The second-order valence-corrected chi connectivity index (χ2v) is 4.87. The van der Waals surface area contributed by atoms with Crippen LogP contribution in [-0.2, 0) is 0 Å². The predicted molar refractivity (Wildman–Crippen MR) is 76.5 cm³/mol. The van der Waals surface area contributed by atoms with E-state index in [2.05, 4.69) is 17.6 Å². The van der Waals surface area contributed by atoms with E-state index in [-0.39, 0.29) is 18.3 Å². The van der Waals surface area contributed by atoms with Gasteiger partial charge in [-0.3, -0.25) is 4.79 Å². The first kappa shape index (κ1) is 15.0. The van der Waals surface area contributed by atoms with Crippen LogP contribution in [0.1, 0.15) is 27.9 Å². The van der Waals surface area contributed by atoms with E-state index in [0.29, 0.717) is 5.92 Å². The lowest BCUT2D eigenvalue weighted by Crippen LogP contribution is -2.30. The Balaban J connectivity index is 0.00000162. The molecule has 1 aromatic carbocycles. The summed E-state index contributed by atoms with van der Waals surface area (Å²) in [6, 6.07) is 5.85. The van der Waals surface area contributed by atoms with Crippen LogP contribution in [0.2, 0.25) is 0 Å². The number of halogens is 1. The number of nitrogens with one attached hydrogen (secondary N) is 2. The third-order valence-corrected chi connectivity index (χ3v) is 3.48. The molecule has 1 fully saturated rings. The standard InChI is InChI=1S/C14H20N2O.ClH/c1-10-3-4-13(7-11(10)2)14(17)16-9-12-5-6-15-8-12;/h3-4,7,12,15H,5-6,8-9H2,1-2H3,(H,16,17);1H. The molecule has 0 aromatic heterocycles. The molecule has 0 aliphatic carbocycles. The maximum Gasteiger partial charge on any atom is 0.251 e. The zero-order chi connectivity index (χ0) is 12.3. The molecule has 0 bridgehead atoms. The van der Waals surface area contributed by atoms with Crippen LogP contribution in [0.4, 0.5) is 0 Å². The van der Waals surface area contributed by atoms with E-state index in [1.807, 2.05) is 25.1 Å². The highest BCUT2D eigenvalue weighted by Crippen LogP contribution is 2.10. The summed E-state index contributed by atoms with van der Waals surface area (Å²) in [5.74, 6) is 0.630. The second-order valence-electron chi connectivity index (χ2n) is 4.87. The number of amides is 1. The maximum atomic E-state index is 11.9. The van der Waals surface area contributed by atoms with E-state index in [1.165, 1.54) is 11.1 Å². The molecule has 1 saturated heterocycles. The number of rotatable bonds is 3. The van der Waals surface area contributed by atoms with E-state index in [0.717, 1.165) is 31.6 Å². The largest absolute Gasteiger partial charge is 0.352 e. The highest BCUT2D eigenvalue weighted by molar-refractivity contribution is 5.94. The summed E-state index contributed by atoms with van der Waals surface area (Å²) < 4.78 is 0. The van der Waals surface area contributed by atoms with Gasteiger partial charge in [-0.1, -0.05) is 6.07 Å². The van der Waals surface area contributed by atoms with Gasteiger partial charge >= 0.3 is 0 Å². The first-order valence-corrected chi connectivity index (χ1v) is 6.23. The number of hydrogen-bond donors (Lipinski definition) is 2. The van der Waals surface area contributed by atoms with Gasteiger partial charge in [0.05, 0.1) is 0 Å². The van der Waals surface area contributed by atoms with Crippen molar-refractivity contribution < 1.29 is 4.79 Å². The quantitative estimate of drug-likeness (QED) is 0.881. The molecule has 0 radical (unpaired) electrons. The van der Waals surface area contributed by atoms with Gasteiger partial charge in [0.1, 0.15) is 0 Å². The van der Waals surface area contributed by atoms with Crippen molar-refractivity contribution in [2.24, 2.45) is 5.92 Å². The van der Waals surface area contributed by atoms with Crippen LogP contribution in [0.5, 0.6) is 0 Å². The molecule has 0 spiro atoms. The first-order chi connectivity index (χ1) is 8.16. The Kier molecular flexibility index (Phi) is 5.63. The Hall–Kier alpha value is -1.06. The molecule has 1 heterocycles. The minimum Gasteiger partial charge on any atom is -0.352 e. The summed E-state index contributed by atoms with van der Waals surface area (Å²) in [6.07, 6.45) is 1.16. The number of benzene rings is 1. The monoisotopic (exact) mass is 268 g/mol. The van der Waals surface area contributed by atoms with E-state index >= 15 is 0 Å². The van der Waals surface area contributed by atoms with Gasteiger partial charge in [0, 0.05) is 12.1 Å². The fraction of sp³-hybridized carbons (Fsp3) is 0.500. The van der Waals surface area contributed by atoms with Crippen molar-refractivity contribution in [3.05, 3.63) is 34.9 Å². The Morgan fingerprint density at radius 2 is 2.17 bits per heavy atom. The average Bonchev–Trinajstić information content (AvgIpc) is 2.82. The number of carbonyl (C=O) groups excluding carboxylic acids is 1. The summed E-state index contributed by atoms with van der Waals surface area (Å²) in [7, 11) is 0. The summed E-state index contributed by atoms with van der Waals surface area (Å²) in [5.41, 5.74) is 3.15. The van der Waals surface area contributed by atoms with Gasteiger partial charge in [-0.15, -0.1) is 12.4 Å². The van der Waals surface area contributed by atoms with E-state index in [1.54, 1.807) is 0 Å². The van der Waals surface area contributed by atoms with Crippen molar-refractivity contribution >= 4 is 18.3 Å². The van der Waals surface area contributed by atoms with E-state index in [4.69, 9.17) is 0 Å². The normalized spacial score (nSPS) is 18.2. The number of hydrogen-bond acceptors (Lipinski definition) is 2. The van der Waals surface area contributed by atoms with Gasteiger partial charge in [0.2, 0.25) is 0 Å². The summed E-state index contributed by atoms with van der Waals surface area (Å²) >= 11 is 0. The summed E-state index contributed by atoms with van der Waals surface area (Å²) in [4.78, 5) is 11.9. The Morgan fingerprint density at radius 3 is 2.78 bits per heavy atom. The van der Waals surface area contributed by atoms with E-state index < -0.39 is 0 Å². The van der Waals surface area contributed by atoms with Gasteiger partial charge in [0.15, 0.2) is 0 Å². The smallest absolute Gasteiger partial charge is 0.251 e. The lowest BCUT2D eigenvalue weighted by atomic mass is 10.1. The van der Waals surface area contributed by atoms with E-state index in [9.17, 15) is 4.79 Å². The minimum absolute atomic E-state index is 0. The average molecular weight is 269 g/mol. The topological polar surface area (TPSA) is 41.1 Å². The molecule has 2 rings (SSSR count). The molecule has 1 amide bonds. The molecule has 100 valence electrons.